The van der Waals surface area contributed by atoms with E-state index in [1.54, 1.807) is 50.2 Å². The van der Waals surface area contributed by atoms with Crippen LogP contribution in [0.5, 0.6) is 0 Å². The number of hydrogen-bond donors (Lipinski definition) is 2. The maximum atomic E-state index is 14.0. The van der Waals surface area contributed by atoms with Crippen LogP contribution in [0.25, 0.3) is 5.69 Å². The highest BCUT2D eigenvalue weighted by molar-refractivity contribution is 7.92. The van der Waals surface area contributed by atoms with Crippen LogP contribution in [0.1, 0.15) is 21.7 Å². The summed E-state index contributed by atoms with van der Waals surface area (Å²) in [6.45, 7) is 3.23. The molecule has 2 N–H and O–H groups in total. The number of halogens is 2. The van der Waals surface area contributed by atoms with Crippen LogP contribution in [0.15, 0.2) is 71.6 Å². The molecule has 1 heterocycles. The first-order valence-corrected chi connectivity index (χ1v) is 11.9. The largest absolute Gasteiger partial charge is 0.320 e. The van der Waals surface area contributed by atoms with Gasteiger partial charge in [0.15, 0.2) is 5.69 Å². The molecule has 3 aromatic carbocycles. The summed E-state index contributed by atoms with van der Waals surface area (Å²) in [5.74, 6) is -1.27. The lowest BCUT2D eigenvalue weighted by Crippen LogP contribution is -2.17. The minimum atomic E-state index is -4.12. The topological polar surface area (TPSA) is 106 Å². The fraction of sp³-hybridized carbons (Fsp3) is 0.0870. The average Bonchev–Trinajstić information content (AvgIpc) is 3.18. The number of hydrogen-bond acceptors (Lipinski definition) is 5. The first kappa shape index (κ1) is 23.4. The predicted molar refractivity (Wildman–Crippen MR) is 127 cm³/mol. The fourth-order valence-electron chi connectivity index (χ4n) is 3.21. The van der Waals surface area contributed by atoms with Crippen molar-refractivity contribution in [2.45, 2.75) is 18.7 Å². The summed E-state index contributed by atoms with van der Waals surface area (Å²) >= 11 is 6.01. The Labute approximate surface area is 200 Å². The van der Waals surface area contributed by atoms with Gasteiger partial charge in [-0.15, -0.1) is 5.10 Å². The van der Waals surface area contributed by atoms with Crippen molar-refractivity contribution in [1.82, 2.24) is 15.0 Å². The summed E-state index contributed by atoms with van der Waals surface area (Å²) in [5, 5.41) is 11.6. The summed E-state index contributed by atoms with van der Waals surface area (Å²) in [4.78, 5) is 14.0. The molecule has 0 aliphatic heterocycles. The molecule has 0 spiro atoms. The monoisotopic (exact) mass is 499 g/mol. The van der Waals surface area contributed by atoms with Gasteiger partial charge in [-0.2, -0.15) is 9.90 Å². The highest BCUT2D eigenvalue weighted by atomic mass is 35.5. The van der Waals surface area contributed by atoms with Crippen LogP contribution in [0.3, 0.4) is 0 Å². The number of carbonyl (C=O) groups excluding carboxylic acids is 1. The van der Waals surface area contributed by atoms with E-state index >= 15 is 0 Å². The molecule has 174 valence electrons. The molecular weight excluding hydrogens is 481 g/mol. The second kappa shape index (κ2) is 9.24. The first-order valence-electron chi connectivity index (χ1n) is 10.0. The quantitative estimate of drug-likeness (QED) is 0.399. The third-order valence-electron chi connectivity index (χ3n) is 4.89. The van der Waals surface area contributed by atoms with Gasteiger partial charge in [0.25, 0.3) is 15.9 Å². The molecular formula is C23H19ClFN5O3S. The number of para-hydroxylation sites is 1. The summed E-state index contributed by atoms with van der Waals surface area (Å²) < 4.78 is 42.0. The Bertz CT molecular complexity index is 1500. The minimum absolute atomic E-state index is 0.0643. The highest BCUT2D eigenvalue weighted by Gasteiger charge is 2.21. The molecule has 0 aliphatic rings. The van der Waals surface area contributed by atoms with Crippen LogP contribution < -0.4 is 10.0 Å². The van der Waals surface area contributed by atoms with E-state index in [2.05, 4.69) is 20.2 Å². The number of carbonyl (C=O) groups is 1. The maximum absolute atomic E-state index is 14.0. The summed E-state index contributed by atoms with van der Waals surface area (Å²) in [5.41, 5.74) is 1.49. The van der Waals surface area contributed by atoms with Gasteiger partial charge < -0.3 is 5.32 Å². The lowest BCUT2D eigenvalue weighted by atomic mass is 10.2. The molecule has 0 saturated carbocycles. The Kier molecular flexibility index (Phi) is 6.36. The Balaban J connectivity index is 1.59. The number of aromatic nitrogens is 3. The van der Waals surface area contributed by atoms with Crippen molar-refractivity contribution in [3.05, 3.63) is 94.5 Å². The number of benzene rings is 3. The molecule has 8 nitrogen and oxygen atoms in total. The third-order valence-corrected chi connectivity index (χ3v) is 6.63. The molecule has 0 fully saturated rings. The van der Waals surface area contributed by atoms with E-state index in [0.29, 0.717) is 22.0 Å². The molecule has 4 rings (SSSR count). The van der Waals surface area contributed by atoms with Gasteiger partial charge in [0.2, 0.25) is 0 Å². The number of anilines is 2. The number of rotatable bonds is 6. The Hall–Kier alpha value is -3.76. The van der Waals surface area contributed by atoms with E-state index in [1.165, 1.54) is 29.1 Å². The van der Waals surface area contributed by atoms with Gasteiger partial charge in [-0.1, -0.05) is 35.9 Å². The molecule has 34 heavy (non-hydrogen) atoms. The van der Waals surface area contributed by atoms with E-state index in [0.717, 1.165) is 6.07 Å². The van der Waals surface area contributed by atoms with Gasteiger partial charge in [-0.05, 0) is 61.9 Å². The normalized spacial score (nSPS) is 11.3. The van der Waals surface area contributed by atoms with Crippen molar-refractivity contribution in [3.63, 3.8) is 0 Å². The average molecular weight is 500 g/mol. The molecule has 1 amide bonds. The van der Waals surface area contributed by atoms with Crippen LogP contribution in [-0.4, -0.2) is 29.3 Å². The van der Waals surface area contributed by atoms with Gasteiger partial charge in [0.1, 0.15) is 5.82 Å². The Morgan fingerprint density at radius 3 is 2.50 bits per heavy atom. The second-order valence-corrected chi connectivity index (χ2v) is 9.51. The lowest BCUT2D eigenvalue weighted by molar-refractivity contribution is 0.102. The molecule has 0 bridgehead atoms. The van der Waals surface area contributed by atoms with Gasteiger partial charge >= 0.3 is 0 Å². The smallest absolute Gasteiger partial charge is 0.278 e. The Morgan fingerprint density at radius 1 is 1.00 bits per heavy atom. The second-order valence-electron chi connectivity index (χ2n) is 7.42. The van der Waals surface area contributed by atoms with Crippen LogP contribution in [0.2, 0.25) is 5.02 Å². The van der Waals surface area contributed by atoms with Crippen molar-refractivity contribution in [2.75, 3.05) is 10.0 Å². The van der Waals surface area contributed by atoms with Gasteiger partial charge in [0, 0.05) is 10.7 Å². The van der Waals surface area contributed by atoms with E-state index in [9.17, 15) is 17.6 Å². The zero-order valence-corrected chi connectivity index (χ0v) is 19.7. The zero-order valence-electron chi connectivity index (χ0n) is 18.1. The maximum Gasteiger partial charge on any atom is 0.278 e. The molecule has 0 atom stereocenters. The van der Waals surface area contributed by atoms with E-state index in [1.807, 2.05) is 0 Å². The molecule has 0 unspecified atom stereocenters. The van der Waals surface area contributed by atoms with Crippen LogP contribution in [-0.2, 0) is 10.0 Å². The molecule has 1 aromatic heterocycles. The van der Waals surface area contributed by atoms with E-state index in [4.69, 9.17) is 11.6 Å². The molecule has 0 saturated heterocycles. The van der Waals surface area contributed by atoms with Crippen molar-refractivity contribution in [3.8, 4) is 5.69 Å². The number of nitrogens with zero attached hydrogens (tertiary/aromatic N) is 3. The summed E-state index contributed by atoms with van der Waals surface area (Å²) in [7, 11) is -4.12. The fourth-order valence-corrected chi connectivity index (χ4v) is 4.73. The van der Waals surface area contributed by atoms with Crippen LogP contribution in [0.4, 0.5) is 15.8 Å². The van der Waals surface area contributed by atoms with Crippen LogP contribution >= 0.6 is 11.6 Å². The van der Waals surface area contributed by atoms with Crippen molar-refractivity contribution >= 4 is 38.9 Å². The predicted octanol–water partition coefficient (Wildman–Crippen LogP) is 4.73. The summed E-state index contributed by atoms with van der Waals surface area (Å²) in [6.07, 6.45) is 0. The first-order chi connectivity index (χ1) is 16.1. The summed E-state index contributed by atoms with van der Waals surface area (Å²) in [6, 6.07) is 16.7. The van der Waals surface area contributed by atoms with E-state index < -0.39 is 21.7 Å². The standard InChI is InChI=1S/C23H19ClFN5O3S/c1-14-10-11-17(13-21(14)34(32,33)29-20-9-4-3-8-19(20)25)26-23(31)22-15(2)27-30(28-22)18-7-5-6-16(24)12-18/h3-13,29H,1-2H3,(H,26,31). The van der Waals surface area contributed by atoms with Crippen molar-refractivity contribution < 1.29 is 17.6 Å². The number of nitrogens with one attached hydrogen (secondary N) is 2. The van der Waals surface area contributed by atoms with Crippen molar-refractivity contribution in [2.24, 2.45) is 0 Å². The third kappa shape index (κ3) is 4.92. The van der Waals surface area contributed by atoms with Crippen LogP contribution in [0, 0.1) is 19.7 Å². The van der Waals surface area contributed by atoms with Crippen molar-refractivity contribution in [1.29, 1.82) is 0 Å². The zero-order chi connectivity index (χ0) is 24.5. The highest BCUT2D eigenvalue weighted by Crippen LogP contribution is 2.25. The number of amides is 1. The minimum Gasteiger partial charge on any atom is -0.320 e. The molecule has 0 aliphatic carbocycles. The number of sulfonamides is 1. The molecule has 0 radical (unpaired) electrons. The lowest BCUT2D eigenvalue weighted by Gasteiger charge is -2.13. The Morgan fingerprint density at radius 2 is 1.76 bits per heavy atom. The molecule has 4 aromatic rings. The van der Waals surface area contributed by atoms with Gasteiger partial charge in [-0.25, -0.2) is 12.8 Å². The number of aryl methyl sites for hydroxylation is 2. The van der Waals surface area contributed by atoms with Gasteiger partial charge in [0.05, 0.1) is 22.0 Å². The van der Waals surface area contributed by atoms with Gasteiger partial charge in [-0.3, -0.25) is 9.52 Å². The van der Waals surface area contributed by atoms with E-state index in [-0.39, 0.29) is 22.0 Å². The SMILES string of the molecule is Cc1ccc(NC(=O)c2nn(-c3cccc(Cl)c3)nc2C)cc1S(=O)(=O)Nc1ccccc1F. The molecule has 11 heteroatoms.